The molecule has 3 N–H and O–H groups in total. The molecule has 1 amide bonds. The minimum Gasteiger partial charge on any atom is -0.324 e. The van der Waals surface area contributed by atoms with Crippen LogP contribution in [0.1, 0.15) is 12.0 Å². The first-order valence-electron chi connectivity index (χ1n) is 11.8. The smallest absolute Gasteiger partial charge is 0.227 e. The molecule has 8 rings (SSSR count). The van der Waals surface area contributed by atoms with Crippen LogP contribution in [0.3, 0.4) is 0 Å². The molecule has 7 heterocycles. The van der Waals surface area contributed by atoms with Crippen molar-refractivity contribution in [2.24, 2.45) is 0 Å². The van der Waals surface area contributed by atoms with Crippen molar-refractivity contribution >= 4 is 23.4 Å². The standard InChI is InChI=1S/C25H30N8O/c34-24-7-8-26-10-11-32-12-14-33(15-13-32)18-19-2-1-3-21(16-19)29-25-27-9-6-22(30-25)20-4-5-23(31-24)28-17-20/h1-6,9,16-17,26H,7-8,10-15,18H2,(H,27,29,30)(H,28,31,34). The Kier molecular flexibility index (Phi) is 7.04. The van der Waals surface area contributed by atoms with Gasteiger partial charge in [0, 0.05) is 82.4 Å². The summed E-state index contributed by atoms with van der Waals surface area (Å²) in [6, 6.07) is 14.0. The second-order valence-corrected chi connectivity index (χ2v) is 8.69. The maximum atomic E-state index is 12.3. The second-order valence-electron chi connectivity index (χ2n) is 8.69. The number of nitrogens with zero attached hydrogens (tertiary/aromatic N) is 5. The highest BCUT2D eigenvalue weighted by atomic mass is 16.1. The molecule has 2 aromatic heterocycles. The molecule has 34 heavy (non-hydrogen) atoms. The number of carbonyl (C=O) groups is 1. The van der Waals surface area contributed by atoms with Crippen LogP contribution in [-0.2, 0) is 11.3 Å². The number of aromatic nitrogens is 3. The molecule has 5 aliphatic rings. The molecule has 0 atom stereocenters. The van der Waals surface area contributed by atoms with Gasteiger partial charge in [0.2, 0.25) is 11.9 Å². The van der Waals surface area contributed by atoms with Gasteiger partial charge in [0.1, 0.15) is 5.82 Å². The number of nitrogens with one attached hydrogen (secondary N) is 3. The largest absolute Gasteiger partial charge is 0.324 e. The van der Waals surface area contributed by atoms with Gasteiger partial charge in [-0.2, -0.15) is 0 Å². The lowest BCUT2D eigenvalue weighted by molar-refractivity contribution is -0.116. The highest BCUT2D eigenvalue weighted by Crippen LogP contribution is 2.21. The Morgan fingerprint density at radius 2 is 1.74 bits per heavy atom. The summed E-state index contributed by atoms with van der Waals surface area (Å²) in [7, 11) is 0. The number of hydrogen-bond donors (Lipinski definition) is 3. The van der Waals surface area contributed by atoms with E-state index in [-0.39, 0.29) is 5.91 Å². The SMILES string of the molecule is O=C1CCNCCN2CCN(CC2)Cc2cccc(c2)Nc2nccc(n2)-c2ccc(nc2)N1. The summed E-state index contributed by atoms with van der Waals surface area (Å²) >= 11 is 0. The molecule has 0 spiro atoms. The van der Waals surface area contributed by atoms with E-state index in [0.29, 0.717) is 24.7 Å². The van der Waals surface area contributed by atoms with Gasteiger partial charge in [-0.3, -0.25) is 14.6 Å². The van der Waals surface area contributed by atoms with Crippen molar-refractivity contribution in [3.63, 3.8) is 0 Å². The normalized spacial score (nSPS) is 21.5. The fourth-order valence-electron chi connectivity index (χ4n) is 4.27. The molecule has 176 valence electrons. The average Bonchev–Trinajstić information content (AvgIpc) is 2.85. The highest BCUT2D eigenvalue weighted by Gasteiger charge is 2.17. The first kappa shape index (κ1) is 22.4. The van der Waals surface area contributed by atoms with E-state index in [1.54, 1.807) is 18.5 Å². The molecule has 0 aliphatic carbocycles. The summed E-state index contributed by atoms with van der Waals surface area (Å²) in [6.45, 7) is 7.67. The number of piperazine rings is 1. The molecule has 8 bridgehead atoms. The van der Waals surface area contributed by atoms with Crippen LogP contribution in [0.5, 0.6) is 0 Å². The Bertz CT molecular complexity index is 1110. The van der Waals surface area contributed by atoms with Crippen molar-refractivity contribution in [1.82, 2.24) is 30.1 Å². The highest BCUT2D eigenvalue weighted by molar-refractivity contribution is 5.90. The summed E-state index contributed by atoms with van der Waals surface area (Å²) in [6.07, 6.45) is 3.86. The Morgan fingerprint density at radius 1 is 0.853 bits per heavy atom. The van der Waals surface area contributed by atoms with Crippen molar-refractivity contribution in [3.8, 4) is 11.3 Å². The van der Waals surface area contributed by atoms with Gasteiger partial charge in [-0.1, -0.05) is 12.1 Å². The van der Waals surface area contributed by atoms with Gasteiger partial charge in [0.15, 0.2) is 0 Å². The molecule has 9 heteroatoms. The quantitative estimate of drug-likeness (QED) is 0.472. The number of carbonyl (C=O) groups excluding carboxylic acids is 1. The molecular formula is C25H30N8O. The molecule has 0 saturated carbocycles. The number of amides is 1. The van der Waals surface area contributed by atoms with Gasteiger partial charge in [0.05, 0.1) is 5.69 Å². The fraction of sp³-hybridized carbons (Fsp3) is 0.360. The zero-order valence-corrected chi connectivity index (χ0v) is 19.2. The third kappa shape index (κ3) is 5.93. The van der Waals surface area contributed by atoms with Crippen LogP contribution in [-0.4, -0.2) is 76.5 Å². The number of benzene rings is 1. The molecular weight excluding hydrogens is 428 g/mol. The average molecular weight is 459 g/mol. The molecule has 0 radical (unpaired) electrons. The third-order valence-corrected chi connectivity index (χ3v) is 6.17. The molecule has 1 fully saturated rings. The third-order valence-electron chi connectivity index (χ3n) is 6.17. The van der Waals surface area contributed by atoms with Crippen LogP contribution < -0.4 is 16.0 Å². The van der Waals surface area contributed by atoms with Crippen molar-refractivity contribution < 1.29 is 4.79 Å². The maximum Gasteiger partial charge on any atom is 0.227 e. The van der Waals surface area contributed by atoms with Gasteiger partial charge < -0.3 is 16.0 Å². The van der Waals surface area contributed by atoms with E-state index in [1.165, 1.54) is 5.56 Å². The van der Waals surface area contributed by atoms with Gasteiger partial charge >= 0.3 is 0 Å². The monoisotopic (exact) mass is 458 g/mol. The molecule has 1 saturated heterocycles. The van der Waals surface area contributed by atoms with Gasteiger partial charge in [0.25, 0.3) is 0 Å². The lowest BCUT2D eigenvalue weighted by Gasteiger charge is -2.34. The summed E-state index contributed by atoms with van der Waals surface area (Å²) < 4.78 is 0. The van der Waals surface area contributed by atoms with Crippen molar-refractivity contribution in [2.75, 3.05) is 56.4 Å². The summed E-state index contributed by atoms with van der Waals surface area (Å²) in [4.78, 5) is 30.7. The Hall–Kier alpha value is -3.40. The first-order chi connectivity index (χ1) is 16.7. The fourth-order valence-corrected chi connectivity index (χ4v) is 4.27. The summed E-state index contributed by atoms with van der Waals surface area (Å²) in [5.41, 5.74) is 3.86. The van der Waals surface area contributed by atoms with Crippen molar-refractivity contribution in [3.05, 3.63) is 60.4 Å². The number of hydrogen-bond acceptors (Lipinski definition) is 8. The number of rotatable bonds is 0. The van der Waals surface area contributed by atoms with Crippen LogP contribution >= 0.6 is 0 Å². The molecule has 9 nitrogen and oxygen atoms in total. The van der Waals surface area contributed by atoms with Crippen LogP contribution in [0, 0.1) is 0 Å². The van der Waals surface area contributed by atoms with E-state index in [1.807, 2.05) is 18.2 Å². The van der Waals surface area contributed by atoms with Gasteiger partial charge in [-0.15, -0.1) is 0 Å². The van der Waals surface area contributed by atoms with E-state index in [0.717, 1.165) is 62.8 Å². The zero-order chi connectivity index (χ0) is 23.2. The molecule has 5 aliphatic heterocycles. The molecule has 1 aromatic carbocycles. The second kappa shape index (κ2) is 10.7. The summed E-state index contributed by atoms with van der Waals surface area (Å²) in [5, 5.41) is 9.58. The van der Waals surface area contributed by atoms with Crippen molar-refractivity contribution in [2.45, 2.75) is 13.0 Å². The van der Waals surface area contributed by atoms with E-state index >= 15 is 0 Å². The Balaban J connectivity index is 1.36. The van der Waals surface area contributed by atoms with Gasteiger partial charge in [-0.05, 0) is 35.9 Å². The van der Waals surface area contributed by atoms with Gasteiger partial charge in [-0.25, -0.2) is 15.0 Å². The predicted octanol–water partition coefficient (Wildman–Crippen LogP) is 2.33. The first-order valence-corrected chi connectivity index (χ1v) is 11.8. The molecule has 3 aromatic rings. The minimum atomic E-state index is -0.0463. The zero-order valence-electron chi connectivity index (χ0n) is 19.2. The predicted molar refractivity (Wildman–Crippen MR) is 133 cm³/mol. The van der Waals surface area contributed by atoms with E-state index in [4.69, 9.17) is 0 Å². The maximum absolute atomic E-state index is 12.3. The lowest BCUT2D eigenvalue weighted by atomic mass is 10.1. The topological polar surface area (TPSA) is 98.3 Å². The summed E-state index contributed by atoms with van der Waals surface area (Å²) in [5.74, 6) is 1.02. The van der Waals surface area contributed by atoms with E-state index in [9.17, 15) is 4.79 Å². The Labute approximate surface area is 199 Å². The van der Waals surface area contributed by atoms with Crippen LogP contribution in [0.4, 0.5) is 17.5 Å². The number of anilines is 3. The Morgan fingerprint density at radius 3 is 2.59 bits per heavy atom. The van der Waals surface area contributed by atoms with Crippen LogP contribution in [0.15, 0.2) is 54.9 Å². The van der Waals surface area contributed by atoms with E-state index < -0.39 is 0 Å². The lowest BCUT2D eigenvalue weighted by Crippen LogP contribution is -2.47. The molecule has 0 unspecified atom stereocenters. The van der Waals surface area contributed by atoms with Crippen LogP contribution in [0.2, 0.25) is 0 Å². The van der Waals surface area contributed by atoms with E-state index in [2.05, 4.69) is 58.9 Å². The van der Waals surface area contributed by atoms with Crippen molar-refractivity contribution in [1.29, 1.82) is 0 Å². The minimum absolute atomic E-state index is 0.0463. The van der Waals surface area contributed by atoms with Crippen LogP contribution in [0.25, 0.3) is 11.3 Å². The number of pyridine rings is 1.